The highest BCUT2D eigenvalue weighted by Gasteiger charge is 2.18. The highest BCUT2D eigenvalue weighted by molar-refractivity contribution is 5.92. The molecule has 0 radical (unpaired) electrons. The third-order valence-corrected chi connectivity index (χ3v) is 3.77. The van der Waals surface area contributed by atoms with E-state index in [0.717, 1.165) is 25.7 Å². The van der Waals surface area contributed by atoms with Crippen molar-refractivity contribution >= 4 is 16.8 Å². The fraction of sp³-hybridized carbons (Fsp3) is 0.400. The Morgan fingerprint density at radius 3 is 2.75 bits per heavy atom. The number of hydrogen-bond acceptors (Lipinski definition) is 3. The van der Waals surface area contributed by atoms with Crippen molar-refractivity contribution in [2.24, 2.45) is 0 Å². The Bertz CT molecular complexity index is 687. The zero-order valence-electron chi connectivity index (χ0n) is 11.2. The first-order valence-corrected chi connectivity index (χ1v) is 7.04. The van der Waals surface area contributed by atoms with Crippen molar-refractivity contribution in [1.29, 1.82) is 0 Å². The molecule has 2 aromatic rings. The molecule has 5 nitrogen and oxygen atoms in total. The summed E-state index contributed by atoms with van der Waals surface area (Å²) >= 11 is 0. The van der Waals surface area contributed by atoms with Crippen LogP contribution in [-0.4, -0.2) is 21.9 Å². The van der Waals surface area contributed by atoms with Gasteiger partial charge in [0.05, 0.1) is 10.9 Å². The topological polar surface area (TPSA) is 74.8 Å². The zero-order valence-corrected chi connectivity index (χ0v) is 11.2. The number of carbonyl (C=O) groups is 1. The van der Waals surface area contributed by atoms with E-state index < -0.39 is 0 Å². The number of aromatic nitrogens is 2. The molecule has 0 spiro atoms. The molecular formula is C15H17N3O2. The molecule has 1 heterocycles. The largest absolute Gasteiger partial charge is 0.347 e. The Morgan fingerprint density at radius 1 is 1.20 bits per heavy atom. The molecule has 1 aliphatic carbocycles. The number of carbonyl (C=O) groups excluding carboxylic acids is 1. The number of nitrogens with one attached hydrogen (secondary N) is 2. The number of rotatable bonds is 2. The number of aromatic amines is 1. The molecule has 3 rings (SSSR count). The summed E-state index contributed by atoms with van der Waals surface area (Å²) in [6.07, 6.45) is 5.53. The molecule has 104 valence electrons. The molecule has 0 saturated heterocycles. The van der Waals surface area contributed by atoms with Gasteiger partial charge in [-0.25, -0.2) is 4.98 Å². The second-order valence-electron chi connectivity index (χ2n) is 5.24. The zero-order chi connectivity index (χ0) is 13.9. The van der Waals surface area contributed by atoms with Crippen molar-refractivity contribution in [3.05, 3.63) is 40.4 Å². The second kappa shape index (κ2) is 5.45. The number of benzene rings is 1. The Morgan fingerprint density at radius 2 is 1.95 bits per heavy atom. The minimum Gasteiger partial charge on any atom is -0.347 e. The lowest BCUT2D eigenvalue weighted by atomic mass is 9.95. The van der Waals surface area contributed by atoms with Crippen LogP contribution in [0.5, 0.6) is 0 Å². The number of fused-ring (bicyclic) bond motifs is 1. The molecule has 2 N–H and O–H groups in total. The number of amides is 1. The molecule has 1 aromatic carbocycles. The van der Waals surface area contributed by atoms with Crippen molar-refractivity contribution in [2.45, 2.75) is 38.1 Å². The van der Waals surface area contributed by atoms with Gasteiger partial charge in [0, 0.05) is 6.04 Å². The van der Waals surface area contributed by atoms with Gasteiger partial charge in [0.25, 0.3) is 11.5 Å². The van der Waals surface area contributed by atoms with Crippen LogP contribution in [0.25, 0.3) is 10.9 Å². The van der Waals surface area contributed by atoms with E-state index in [-0.39, 0.29) is 23.3 Å². The van der Waals surface area contributed by atoms with Crippen molar-refractivity contribution in [1.82, 2.24) is 15.3 Å². The molecule has 0 unspecified atom stereocenters. The van der Waals surface area contributed by atoms with Crippen LogP contribution >= 0.6 is 0 Å². The van der Waals surface area contributed by atoms with E-state index in [1.54, 1.807) is 24.3 Å². The van der Waals surface area contributed by atoms with Gasteiger partial charge in [0.1, 0.15) is 0 Å². The normalized spacial score (nSPS) is 16.2. The molecule has 1 aromatic heterocycles. The lowest BCUT2D eigenvalue weighted by molar-refractivity contribution is 0.0917. The highest BCUT2D eigenvalue weighted by atomic mass is 16.2. The van der Waals surface area contributed by atoms with Crippen LogP contribution < -0.4 is 10.9 Å². The fourth-order valence-corrected chi connectivity index (χ4v) is 2.69. The summed E-state index contributed by atoms with van der Waals surface area (Å²) in [6, 6.07) is 7.22. The van der Waals surface area contributed by atoms with Crippen molar-refractivity contribution < 1.29 is 4.79 Å². The van der Waals surface area contributed by atoms with E-state index in [0.29, 0.717) is 10.9 Å². The Hall–Kier alpha value is -2.17. The fourth-order valence-electron chi connectivity index (χ4n) is 2.69. The maximum absolute atomic E-state index is 12.2. The lowest BCUT2D eigenvalue weighted by Gasteiger charge is -2.22. The summed E-state index contributed by atoms with van der Waals surface area (Å²) in [5, 5.41) is 3.46. The monoisotopic (exact) mass is 271 g/mol. The first kappa shape index (κ1) is 12.8. The smallest absolute Gasteiger partial charge is 0.287 e. The van der Waals surface area contributed by atoms with Gasteiger partial charge in [-0.3, -0.25) is 9.59 Å². The van der Waals surface area contributed by atoms with Crippen LogP contribution in [0, 0.1) is 0 Å². The van der Waals surface area contributed by atoms with Crippen LogP contribution in [0.15, 0.2) is 29.1 Å². The number of H-pyrrole nitrogens is 1. The second-order valence-corrected chi connectivity index (χ2v) is 5.24. The molecular weight excluding hydrogens is 254 g/mol. The quantitative estimate of drug-likeness (QED) is 0.877. The molecule has 0 bridgehead atoms. The van der Waals surface area contributed by atoms with Gasteiger partial charge in [-0.1, -0.05) is 31.4 Å². The van der Waals surface area contributed by atoms with E-state index >= 15 is 0 Å². The molecule has 20 heavy (non-hydrogen) atoms. The summed E-state index contributed by atoms with van der Waals surface area (Å²) in [5.74, 6) is -0.195. The van der Waals surface area contributed by atoms with E-state index in [2.05, 4.69) is 15.3 Å². The van der Waals surface area contributed by atoms with E-state index in [1.165, 1.54) is 6.42 Å². The number of nitrogens with zero attached hydrogens (tertiary/aromatic N) is 1. The van der Waals surface area contributed by atoms with Gasteiger partial charge in [-0.05, 0) is 25.0 Å². The summed E-state index contributed by atoms with van der Waals surface area (Å²) in [7, 11) is 0. The van der Waals surface area contributed by atoms with Crippen molar-refractivity contribution in [3.63, 3.8) is 0 Å². The van der Waals surface area contributed by atoms with Gasteiger partial charge in [-0.15, -0.1) is 0 Å². The van der Waals surface area contributed by atoms with Crippen LogP contribution in [0.2, 0.25) is 0 Å². The molecule has 1 amide bonds. The first-order chi connectivity index (χ1) is 9.74. The molecule has 1 saturated carbocycles. The van der Waals surface area contributed by atoms with Crippen LogP contribution in [0.3, 0.4) is 0 Å². The predicted molar refractivity (Wildman–Crippen MR) is 76.7 cm³/mol. The Balaban J connectivity index is 1.86. The summed E-state index contributed by atoms with van der Waals surface area (Å²) in [5.41, 5.74) is 0.273. The molecule has 0 atom stereocenters. The van der Waals surface area contributed by atoms with Crippen molar-refractivity contribution in [3.8, 4) is 0 Å². The van der Waals surface area contributed by atoms with E-state index in [1.807, 2.05) is 0 Å². The highest BCUT2D eigenvalue weighted by Crippen LogP contribution is 2.17. The average Bonchev–Trinajstić information content (AvgIpc) is 2.48. The minimum atomic E-state index is -0.292. The molecule has 0 aliphatic heterocycles. The molecule has 1 fully saturated rings. The lowest BCUT2D eigenvalue weighted by Crippen LogP contribution is -2.37. The van der Waals surface area contributed by atoms with Crippen LogP contribution in [0.1, 0.15) is 42.7 Å². The summed E-state index contributed by atoms with van der Waals surface area (Å²) in [4.78, 5) is 30.9. The molecule has 5 heteroatoms. The van der Waals surface area contributed by atoms with E-state index in [4.69, 9.17) is 0 Å². The predicted octanol–water partition coefficient (Wildman–Crippen LogP) is 1.99. The third-order valence-electron chi connectivity index (χ3n) is 3.77. The number of para-hydroxylation sites is 1. The molecule has 1 aliphatic rings. The Kier molecular flexibility index (Phi) is 3.50. The van der Waals surface area contributed by atoms with Crippen molar-refractivity contribution in [2.75, 3.05) is 0 Å². The van der Waals surface area contributed by atoms with Gasteiger partial charge < -0.3 is 10.3 Å². The van der Waals surface area contributed by atoms with Crippen LogP contribution in [-0.2, 0) is 0 Å². The average molecular weight is 271 g/mol. The third kappa shape index (κ3) is 2.57. The summed E-state index contributed by atoms with van der Waals surface area (Å²) in [6.45, 7) is 0. The van der Waals surface area contributed by atoms with Gasteiger partial charge in [0.2, 0.25) is 0 Å². The Labute approximate surface area is 116 Å². The van der Waals surface area contributed by atoms with Gasteiger partial charge >= 0.3 is 0 Å². The van der Waals surface area contributed by atoms with Crippen LogP contribution in [0.4, 0.5) is 0 Å². The first-order valence-electron chi connectivity index (χ1n) is 7.04. The SMILES string of the molecule is O=C(NC1CCCCC1)c1nc2ccccc2c(=O)[nH]1. The van der Waals surface area contributed by atoms with Gasteiger partial charge in [0.15, 0.2) is 5.82 Å². The van der Waals surface area contributed by atoms with Gasteiger partial charge in [-0.2, -0.15) is 0 Å². The maximum atomic E-state index is 12.2. The maximum Gasteiger partial charge on any atom is 0.287 e. The minimum absolute atomic E-state index is 0.0965. The standard InChI is InChI=1S/C15H17N3O2/c19-14-11-8-4-5-9-12(11)17-13(18-14)15(20)16-10-6-2-1-3-7-10/h4-5,8-10H,1-3,6-7H2,(H,16,20)(H,17,18,19). The summed E-state index contributed by atoms with van der Waals surface area (Å²) < 4.78 is 0. The van der Waals surface area contributed by atoms with E-state index in [9.17, 15) is 9.59 Å². The number of hydrogen-bond donors (Lipinski definition) is 2.